The zero-order valence-electron chi connectivity index (χ0n) is 15.3. The minimum Gasteiger partial charge on any atom is -0.465 e. The number of nitriles is 1. The van der Waals surface area contributed by atoms with Crippen molar-refractivity contribution in [1.82, 2.24) is 18.9 Å². The highest BCUT2D eigenvalue weighted by molar-refractivity contribution is 6.32. The second kappa shape index (κ2) is 7.04. The maximum Gasteiger partial charge on any atom is 0.338 e. The van der Waals surface area contributed by atoms with Gasteiger partial charge in [-0.1, -0.05) is 23.7 Å². The molecule has 0 saturated carbocycles. The second-order valence-corrected chi connectivity index (χ2v) is 6.57. The number of esters is 1. The Morgan fingerprint density at radius 1 is 1.31 bits per heavy atom. The van der Waals surface area contributed by atoms with E-state index in [1.807, 2.05) is 0 Å². The number of benzene rings is 1. The molecule has 0 bridgehead atoms. The summed E-state index contributed by atoms with van der Waals surface area (Å²) in [6.07, 6.45) is 3.04. The number of carbonyl (C=O) groups is 1. The summed E-state index contributed by atoms with van der Waals surface area (Å²) in [7, 11) is 2.99. The molecule has 9 heteroatoms. The summed E-state index contributed by atoms with van der Waals surface area (Å²) in [6, 6.07) is 9.53. The Labute approximate surface area is 169 Å². The molecule has 1 aromatic carbocycles. The normalized spacial score (nSPS) is 10.9. The van der Waals surface area contributed by atoms with Crippen molar-refractivity contribution in [2.45, 2.75) is 0 Å². The summed E-state index contributed by atoms with van der Waals surface area (Å²) >= 11 is 6.32. The average Bonchev–Trinajstić information content (AvgIpc) is 3.26. The molecule has 0 N–H and O–H groups in total. The van der Waals surface area contributed by atoms with E-state index >= 15 is 0 Å². The van der Waals surface area contributed by atoms with Crippen LogP contribution in [0.2, 0.25) is 5.15 Å². The molecular formula is C20H13ClFN5O2. The van der Waals surface area contributed by atoms with E-state index in [1.54, 1.807) is 17.7 Å². The molecule has 0 unspecified atom stereocenters. The van der Waals surface area contributed by atoms with Gasteiger partial charge in [-0.15, -0.1) is 0 Å². The summed E-state index contributed by atoms with van der Waals surface area (Å²) in [4.78, 5) is 20.5. The number of fused-ring (bicyclic) bond motifs is 1. The molecule has 0 radical (unpaired) electrons. The molecule has 0 aliphatic heterocycles. The highest BCUT2D eigenvalue weighted by atomic mass is 35.5. The number of aryl methyl sites for hydroxylation is 1. The Balaban J connectivity index is 2.02. The van der Waals surface area contributed by atoms with Crippen molar-refractivity contribution >= 4 is 23.2 Å². The van der Waals surface area contributed by atoms with Gasteiger partial charge >= 0.3 is 5.97 Å². The molecule has 7 nitrogen and oxygen atoms in total. The van der Waals surface area contributed by atoms with Crippen LogP contribution in [-0.2, 0) is 11.8 Å². The van der Waals surface area contributed by atoms with Gasteiger partial charge in [-0.2, -0.15) is 5.26 Å². The van der Waals surface area contributed by atoms with Crippen molar-refractivity contribution in [2.24, 2.45) is 7.05 Å². The zero-order chi connectivity index (χ0) is 20.7. The number of nitrogens with zero attached hydrogens (tertiary/aromatic N) is 5. The molecule has 29 heavy (non-hydrogen) atoms. The van der Waals surface area contributed by atoms with Gasteiger partial charge in [0.2, 0.25) is 0 Å². The van der Waals surface area contributed by atoms with Crippen molar-refractivity contribution < 1.29 is 13.9 Å². The minimum atomic E-state index is -0.572. The topological polar surface area (TPSA) is 85.2 Å². The predicted octanol–water partition coefficient (Wildman–Crippen LogP) is 3.85. The maximum absolute atomic E-state index is 15.0. The van der Waals surface area contributed by atoms with Gasteiger partial charge in [0, 0.05) is 24.4 Å². The fourth-order valence-corrected chi connectivity index (χ4v) is 3.32. The van der Waals surface area contributed by atoms with Gasteiger partial charge in [-0.25, -0.2) is 19.2 Å². The van der Waals surface area contributed by atoms with Gasteiger partial charge < -0.3 is 9.30 Å². The van der Waals surface area contributed by atoms with E-state index in [-0.39, 0.29) is 22.5 Å². The second-order valence-electron chi connectivity index (χ2n) is 6.21. The van der Waals surface area contributed by atoms with Gasteiger partial charge in [0.25, 0.3) is 0 Å². The number of imidazole rings is 2. The van der Waals surface area contributed by atoms with Crippen LogP contribution in [0, 0.1) is 17.1 Å². The van der Waals surface area contributed by atoms with Crippen LogP contribution < -0.4 is 0 Å². The fraction of sp³-hybridized carbons (Fsp3) is 0.100. The first-order chi connectivity index (χ1) is 14.0. The van der Waals surface area contributed by atoms with Crippen molar-refractivity contribution in [3.05, 3.63) is 65.1 Å². The molecule has 3 aromatic heterocycles. The molecule has 0 aliphatic rings. The fourth-order valence-electron chi connectivity index (χ4n) is 3.13. The lowest BCUT2D eigenvalue weighted by Gasteiger charge is -2.08. The molecule has 4 aromatic rings. The number of pyridine rings is 1. The Kier molecular flexibility index (Phi) is 4.53. The van der Waals surface area contributed by atoms with Gasteiger partial charge in [-0.05, 0) is 18.2 Å². The third-order valence-corrected chi connectivity index (χ3v) is 4.97. The first-order valence-corrected chi connectivity index (χ1v) is 8.80. The Hall–Kier alpha value is -3.70. The van der Waals surface area contributed by atoms with Crippen LogP contribution in [0.5, 0.6) is 0 Å². The number of methoxy groups -OCH3 is 1. The van der Waals surface area contributed by atoms with E-state index in [0.717, 1.165) is 0 Å². The number of rotatable bonds is 3. The van der Waals surface area contributed by atoms with E-state index in [4.69, 9.17) is 16.3 Å². The first-order valence-electron chi connectivity index (χ1n) is 8.42. The summed E-state index contributed by atoms with van der Waals surface area (Å²) < 4.78 is 22.8. The van der Waals surface area contributed by atoms with Gasteiger partial charge in [0.1, 0.15) is 34.1 Å². The number of hydrogen-bond acceptors (Lipinski definition) is 5. The molecule has 0 spiro atoms. The van der Waals surface area contributed by atoms with Crippen molar-refractivity contribution in [1.29, 1.82) is 5.26 Å². The van der Waals surface area contributed by atoms with Crippen LogP contribution >= 0.6 is 11.6 Å². The molecule has 0 saturated heterocycles. The van der Waals surface area contributed by atoms with E-state index in [0.29, 0.717) is 22.1 Å². The number of ether oxygens (including phenoxy) is 1. The van der Waals surface area contributed by atoms with E-state index in [2.05, 4.69) is 16.0 Å². The van der Waals surface area contributed by atoms with Crippen molar-refractivity contribution in [2.75, 3.05) is 7.11 Å². The Morgan fingerprint density at radius 3 is 2.76 bits per heavy atom. The zero-order valence-corrected chi connectivity index (χ0v) is 16.1. The summed E-state index contributed by atoms with van der Waals surface area (Å²) in [5, 5.41) is 10.1. The average molecular weight is 410 g/mol. The van der Waals surface area contributed by atoms with Crippen LogP contribution in [-0.4, -0.2) is 32.0 Å². The van der Waals surface area contributed by atoms with Gasteiger partial charge in [0.15, 0.2) is 5.69 Å². The first kappa shape index (κ1) is 18.7. The van der Waals surface area contributed by atoms with Crippen LogP contribution in [0.25, 0.3) is 28.2 Å². The monoisotopic (exact) mass is 409 g/mol. The predicted molar refractivity (Wildman–Crippen MR) is 104 cm³/mol. The standard InChI is InChI=1S/C20H13ClFN5O2/c1-26-10-24-17(19(26)21)12-4-3-5-13(22)16(12)18-14(9-23)27-7-6-11(20(28)29-2)8-15(27)25-18/h3-8,10H,1-2H3. The summed E-state index contributed by atoms with van der Waals surface area (Å²) in [5.41, 5.74) is 1.71. The highest BCUT2D eigenvalue weighted by Crippen LogP contribution is 2.37. The van der Waals surface area contributed by atoms with Crippen LogP contribution in [0.4, 0.5) is 4.39 Å². The smallest absolute Gasteiger partial charge is 0.338 e. The minimum absolute atomic E-state index is 0.105. The molecule has 144 valence electrons. The Morgan fingerprint density at radius 2 is 2.10 bits per heavy atom. The quantitative estimate of drug-likeness (QED) is 0.480. The summed E-state index contributed by atoms with van der Waals surface area (Å²) in [6.45, 7) is 0. The van der Waals surface area contributed by atoms with Crippen LogP contribution in [0.15, 0.2) is 42.9 Å². The SMILES string of the molecule is COC(=O)c1ccn2c(C#N)c(-c3c(F)cccc3-c3ncn(C)c3Cl)nc2c1. The lowest BCUT2D eigenvalue weighted by molar-refractivity contribution is 0.0600. The molecule has 0 aliphatic carbocycles. The molecule has 4 rings (SSSR count). The van der Waals surface area contributed by atoms with Crippen molar-refractivity contribution in [3.8, 4) is 28.6 Å². The van der Waals surface area contributed by atoms with E-state index < -0.39 is 11.8 Å². The van der Waals surface area contributed by atoms with Crippen molar-refractivity contribution in [3.63, 3.8) is 0 Å². The maximum atomic E-state index is 15.0. The number of carbonyl (C=O) groups excluding carboxylic acids is 1. The summed E-state index contributed by atoms with van der Waals surface area (Å²) in [5.74, 6) is -1.11. The van der Waals surface area contributed by atoms with E-state index in [1.165, 1.54) is 48.3 Å². The number of halogens is 2. The lowest BCUT2D eigenvalue weighted by Crippen LogP contribution is -2.02. The van der Waals surface area contributed by atoms with Crippen LogP contribution in [0.1, 0.15) is 16.1 Å². The Bertz CT molecular complexity index is 1320. The lowest BCUT2D eigenvalue weighted by atomic mass is 10.0. The van der Waals surface area contributed by atoms with Gasteiger partial charge in [-0.3, -0.25) is 4.40 Å². The van der Waals surface area contributed by atoms with Crippen LogP contribution in [0.3, 0.4) is 0 Å². The van der Waals surface area contributed by atoms with Gasteiger partial charge in [0.05, 0.1) is 19.0 Å². The largest absolute Gasteiger partial charge is 0.465 e. The number of hydrogen-bond donors (Lipinski definition) is 0. The third-order valence-electron chi connectivity index (χ3n) is 4.52. The molecule has 0 amide bonds. The molecule has 0 fully saturated rings. The molecule has 3 heterocycles. The highest BCUT2D eigenvalue weighted by Gasteiger charge is 2.24. The number of aromatic nitrogens is 4. The molecular weight excluding hydrogens is 397 g/mol. The third kappa shape index (κ3) is 2.92. The molecule has 0 atom stereocenters. The van der Waals surface area contributed by atoms with E-state index in [9.17, 15) is 14.4 Å².